The molecule has 84 valence electrons. The maximum atomic E-state index is 9.79. The molecular formula is C11H16ClNO2. The van der Waals surface area contributed by atoms with E-state index in [9.17, 15) is 5.11 Å². The standard InChI is InChI=1S/C11H16ClNO2/c1-8-5-10(12)6-9(11(8)15)7-13(2)3-4-14/h5-6,14-15H,3-4,7H2,1-2H3. The van der Waals surface area contributed by atoms with Crippen molar-refractivity contribution in [2.45, 2.75) is 13.5 Å². The first-order valence-electron chi connectivity index (χ1n) is 4.82. The van der Waals surface area contributed by atoms with Gasteiger partial charge in [-0.3, -0.25) is 4.90 Å². The van der Waals surface area contributed by atoms with Gasteiger partial charge in [0.05, 0.1) is 6.61 Å². The van der Waals surface area contributed by atoms with Gasteiger partial charge in [0, 0.05) is 23.7 Å². The fourth-order valence-corrected chi connectivity index (χ4v) is 1.76. The van der Waals surface area contributed by atoms with E-state index in [0.29, 0.717) is 18.1 Å². The Morgan fingerprint density at radius 3 is 2.67 bits per heavy atom. The summed E-state index contributed by atoms with van der Waals surface area (Å²) < 4.78 is 0. The molecule has 4 heteroatoms. The number of aliphatic hydroxyl groups excluding tert-OH is 1. The lowest BCUT2D eigenvalue weighted by molar-refractivity contribution is 0.216. The van der Waals surface area contributed by atoms with Crippen LogP contribution in [-0.4, -0.2) is 35.3 Å². The van der Waals surface area contributed by atoms with Crippen LogP contribution in [-0.2, 0) is 6.54 Å². The van der Waals surface area contributed by atoms with Crippen molar-refractivity contribution >= 4 is 11.6 Å². The zero-order valence-electron chi connectivity index (χ0n) is 9.00. The Hall–Kier alpha value is -0.770. The Balaban J connectivity index is 2.84. The maximum Gasteiger partial charge on any atom is 0.123 e. The van der Waals surface area contributed by atoms with Gasteiger partial charge in [0.15, 0.2) is 0 Å². The molecule has 0 heterocycles. The predicted molar refractivity (Wildman–Crippen MR) is 61.3 cm³/mol. The van der Waals surface area contributed by atoms with Crippen LogP contribution in [0.5, 0.6) is 5.75 Å². The molecular weight excluding hydrogens is 214 g/mol. The van der Waals surface area contributed by atoms with Gasteiger partial charge in [-0.25, -0.2) is 0 Å². The van der Waals surface area contributed by atoms with Gasteiger partial charge in [-0.2, -0.15) is 0 Å². The Kier molecular flexibility index (Phi) is 4.39. The van der Waals surface area contributed by atoms with Crippen LogP contribution in [0.2, 0.25) is 5.02 Å². The third-order valence-electron chi connectivity index (χ3n) is 2.27. The number of hydrogen-bond donors (Lipinski definition) is 2. The highest BCUT2D eigenvalue weighted by atomic mass is 35.5. The van der Waals surface area contributed by atoms with E-state index in [1.807, 2.05) is 18.9 Å². The number of rotatable bonds is 4. The Labute approximate surface area is 94.9 Å². The van der Waals surface area contributed by atoms with E-state index in [1.165, 1.54) is 0 Å². The van der Waals surface area contributed by atoms with Crippen LogP contribution in [0.3, 0.4) is 0 Å². The van der Waals surface area contributed by atoms with E-state index in [1.54, 1.807) is 12.1 Å². The van der Waals surface area contributed by atoms with Crippen LogP contribution in [0.4, 0.5) is 0 Å². The molecule has 0 saturated carbocycles. The number of benzene rings is 1. The Morgan fingerprint density at radius 2 is 2.07 bits per heavy atom. The van der Waals surface area contributed by atoms with Crippen LogP contribution in [0.15, 0.2) is 12.1 Å². The van der Waals surface area contributed by atoms with Gasteiger partial charge in [0.2, 0.25) is 0 Å². The third kappa shape index (κ3) is 3.38. The minimum atomic E-state index is 0.108. The second kappa shape index (κ2) is 5.35. The fraction of sp³-hybridized carbons (Fsp3) is 0.455. The summed E-state index contributed by atoms with van der Waals surface area (Å²) in [5.41, 5.74) is 1.56. The maximum absolute atomic E-state index is 9.79. The number of aryl methyl sites for hydroxylation is 1. The van der Waals surface area contributed by atoms with Crippen molar-refractivity contribution in [1.29, 1.82) is 0 Å². The summed E-state index contributed by atoms with van der Waals surface area (Å²) in [5, 5.41) is 19.2. The monoisotopic (exact) mass is 229 g/mol. The number of halogens is 1. The predicted octanol–water partition coefficient (Wildman–Crippen LogP) is 1.78. The van der Waals surface area contributed by atoms with Crippen molar-refractivity contribution in [3.8, 4) is 5.75 Å². The van der Waals surface area contributed by atoms with Crippen molar-refractivity contribution in [1.82, 2.24) is 4.90 Å². The van der Waals surface area contributed by atoms with E-state index >= 15 is 0 Å². The Morgan fingerprint density at radius 1 is 1.40 bits per heavy atom. The summed E-state index contributed by atoms with van der Waals surface area (Å²) in [6.07, 6.45) is 0. The zero-order chi connectivity index (χ0) is 11.4. The number of aliphatic hydroxyl groups is 1. The van der Waals surface area contributed by atoms with Gasteiger partial charge in [-0.05, 0) is 31.7 Å². The molecule has 0 saturated heterocycles. The molecule has 1 aromatic carbocycles. The molecule has 1 rings (SSSR count). The number of nitrogens with zero attached hydrogens (tertiary/aromatic N) is 1. The molecule has 0 spiro atoms. The molecule has 0 aromatic heterocycles. The highest BCUT2D eigenvalue weighted by Crippen LogP contribution is 2.27. The van der Waals surface area contributed by atoms with Crippen molar-refractivity contribution in [2.24, 2.45) is 0 Å². The highest BCUT2D eigenvalue weighted by molar-refractivity contribution is 6.30. The summed E-state index contributed by atoms with van der Waals surface area (Å²) in [4.78, 5) is 1.92. The van der Waals surface area contributed by atoms with E-state index in [4.69, 9.17) is 16.7 Å². The molecule has 15 heavy (non-hydrogen) atoms. The number of phenols is 1. The fourth-order valence-electron chi connectivity index (χ4n) is 1.47. The van der Waals surface area contributed by atoms with Crippen molar-refractivity contribution < 1.29 is 10.2 Å². The van der Waals surface area contributed by atoms with E-state index in [0.717, 1.165) is 11.1 Å². The van der Waals surface area contributed by atoms with Crippen LogP contribution >= 0.6 is 11.6 Å². The van der Waals surface area contributed by atoms with Gasteiger partial charge in [0.1, 0.15) is 5.75 Å². The minimum absolute atomic E-state index is 0.108. The zero-order valence-corrected chi connectivity index (χ0v) is 9.75. The minimum Gasteiger partial charge on any atom is -0.507 e. The lowest BCUT2D eigenvalue weighted by Gasteiger charge is -2.17. The molecule has 0 unspecified atom stereocenters. The summed E-state index contributed by atoms with van der Waals surface area (Å²) in [6, 6.07) is 3.48. The molecule has 0 aliphatic rings. The van der Waals surface area contributed by atoms with Gasteiger partial charge >= 0.3 is 0 Å². The normalized spacial score (nSPS) is 11.0. The molecule has 0 bridgehead atoms. The number of phenolic OH excluding ortho intramolecular Hbond substituents is 1. The van der Waals surface area contributed by atoms with E-state index in [2.05, 4.69) is 0 Å². The first-order valence-corrected chi connectivity index (χ1v) is 5.19. The average Bonchev–Trinajstić information content (AvgIpc) is 2.13. The molecule has 0 aliphatic heterocycles. The Bertz CT molecular complexity index is 342. The van der Waals surface area contributed by atoms with Gasteiger partial charge in [0.25, 0.3) is 0 Å². The molecule has 2 N–H and O–H groups in total. The quantitative estimate of drug-likeness (QED) is 0.827. The third-order valence-corrected chi connectivity index (χ3v) is 2.48. The van der Waals surface area contributed by atoms with Gasteiger partial charge < -0.3 is 10.2 Å². The van der Waals surface area contributed by atoms with Crippen LogP contribution in [0, 0.1) is 6.92 Å². The molecule has 0 fully saturated rings. The summed E-state index contributed by atoms with van der Waals surface area (Å²) in [6.45, 7) is 3.08. The largest absolute Gasteiger partial charge is 0.507 e. The summed E-state index contributed by atoms with van der Waals surface area (Å²) >= 11 is 5.90. The van der Waals surface area contributed by atoms with E-state index < -0.39 is 0 Å². The molecule has 3 nitrogen and oxygen atoms in total. The molecule has 1 aromatic rings. The number of hydrogen-bond acceptors (Lipinski definition) is 3. The topological polar surface area (TPSA) is 43.7 Å². The molecule has 0 radical (unpaired) electrons. The SMILES string of the molecule is Cc1cc(Cl)cc(CN(C)CCO)c1O. The highest BCUT2D eigenvalue weighted by Gasteiger charge is 2.08. The number of aromatic hydroxyl groups is 1. The van der Waals surface area contributed by atoms with Crippen LogP contribution < -0.4 is 0 Å². The average molecular weight is 230 g/mol. The molecule has 0 amide bonds. The first kappa shape index (κ1) is 12.3. The van der Waals surface area contributed by atoms with Crippen LogP contribution in [0.25, 0.3) is 0 Å². The number of likely N-dealkylation sites (N-methyl/N-ethyl adjacent to an activating group) is 1. The molecule has 0 atom stereocenters. The smallest absolute Gasteiger partial charge is 0.123 e. The van der Waals surface area contributed by atoms with Crippen molar-refractivity contribution in [2.75, 3.05) is 20.2 Å². The lowest BCUT2D eigenvalue weighted by atomic mass is 10.1. The van der Waals surface area contributed by atoms with Crippen LogP contribution in [0.1, 0.15) is 11.1 Å². The second-order valence-corrected chi connectivity index (χ2v) is 4.13. The van der Waals surface area contributed by atoms with Gasteiger partial charge in [-0.15, -0.1) is 0 Å². The lowest BCUT2D eigenvalue weighted by Crippen LogP contribution is -2.21. The van der Waals surface area contributed by atoms with Gasteiger partial charge in [-0.1, -0.05) is 11.6 Å². The second-order valence-electron chi connectivity index (χ2n) is 3.69. The molecule has 0 aliphatic carbocycles. The van der Waals surface area contributed by atoms with Crippen molar-refractivity contribution in [3.63, 3.8) is 0 Å². The summed E-state index contributed by atoms with van der Waals surface area (Å²) in [7, 11) is 1.88. The summed E-state index contributed by atoms with van der Waals surface area (Å²) in [5.74, 6) is 0.282. The first-order chi connectivity index (χ1) is 7.04. The van der Waals surface area contributed by atoms with Crippen molar-refractivity contribution in [3.05, 3.63) is 28.3 Å². The van der Waals surface area contributed by atoms with E-state index in [-0.39, 0.29) is 12.4 Å².